The first-order valence-corrected chi connectivity index (χ1v) is 7.23. The number of ether oxygens (including phenoxy) is 1. The molecule has 1 aromatic carbocycles. The van der Waals surface area contributed by atoms with Crippen LogP contribution < -0.4 is 10.5 Å². The number of hydrogen-bond acceptors (Lipinski definition) is 4. The molecule has 7 heteroatoms. The van der Waals surface area contributed by atoms with Crippen molar-refractivity contribution < 1.29 is 19.4 Å². The molecule has 7 nitrogen and oxygen atoms in total. The fourth-order valence-corrected chi connectivity index (χ4v) is 3.07. The molecule has 1 fully saturated rings. The topological polar surface area (TPSA) is 118 Å². The summed E-state index contributed by atoms with van der Waals surface area (Å²) in [5.74, 6) is 0.0371. The zero-order valence-electron chi connectivity index (χ0n) is 11.9. The first-order chi connectivity index (χ1) is 10.5. The molecule has 0 saturated heterocycles. The third-order valence-electron chi connectivity index (χ3n) is 4.11. The van der Waals surface area contributed by atoms with Crippen molar-refractivity contribution in [2.45, 2.75) is 31.6 Å². The molecule has 2 unspecified atom stereocenters. The molecule has 1 heterocycles. The molecule has 1 saturated carbocycles. The Morgan fingerprint density at radius 1 is 1.36 bits per heavy atom. The van der Waals surface area contributed by atoms with Crippen molar-refractivity contribution in [2.75, 3.05) is 0 Å². The second-order valence-corrected chi connectivity index (χ2v) is 5.59. The standard InChI is InChI=1S/C15H17N3O4/c16-15(21)22-11-6-2-5-10-12(11)18-13(17-10)8-3-1-4-9(7-8)14(19)20/h2,5-6,8-9H,1,3-4,7H2,(H2,16,21)(H,17,18)(H,19,20). The van der Waals surface area contributed by atoms with Crippen molar-refractivity contribution in [3.05, 3.63) is 24.0 Å². The normalized spacial score (nSPS) is 21.6. The second kappa shape index (κ2) is 5.67. The minimum Gasteiger partial charge on any atom is -0.481 e. The smallest absolute Gasteiger partial charge is 0.410 e. The number of rotatable bonds is 3. The molecular weight excluding hydrogens is 286 g/mol. The van der Waals surface area contributed by atoms with Crippen LogP contribution in [0.3, 0.4) is 0 Å². The van der Waals surface area contributed by atoms with Crippen LogP contribution in [0, 0.1) is 5.92 Å². The summed E-state index contributed by atoms with van der Waals surface area (Å²) >= 11 is 0. The number of para-hydroxylation sites is 1. The first kappa shape index (κ1) is 14.4. The van der Waals surface area contributed by atoms with Crippen LogP contribution >= 0.6 is 0 Å². The number of hydrogen-bond donors (Lipinski definition) is 3. The molecule has 1 aliphatic rings. The maximum absolute atomic E-state index is 11.2. The molecule has 3 rings (SSSR count). The van der Waals surface area contributed by atoms with Crippen LogP contribution in [0.15, 0.2) is 18.2 Å². The molecule has 0 radical (unpaired) electrons. The number of carbonyl (C=O) groups excluding carboxylic acids is 1. The first-order valence-electron chi connectivity index (χ1n) is 7.23. The SMILES string of the molecule is NC(=O)Oc1cccc2[nH]c(C3CCCC(C(=O)O)C3)nc12. The van der Waals surface area contributed by atoms with Crippen LogP contribution in [0.5, 0.6) is 5.75 Å². The van der Waals surface area contributed by atoms with E-state index in [4.69, 9.17) is 10.5 Å². The monoisotopic (exact) mass is 303 g/mol. The summed E-state index contributed by atoms with van der Waals surface area (Å²) in [5, 5.41) is 9.18. The summed E-state index contributed by atoms with van der Waals surface area (Å²) in [6.45, 7) is 0. The number of nitrogens with two attached hydrogens (primary N) is 1. The maximum atomic E-state index is 11.2. The Morgan fingerprint density at radius 3 is 2.91 bits per heavy atom. The number of fused-ring (bicyclic) bond motifs is 1. The highest BCUT2D eigenvalue weighted by Crippen LogP contribution is 2.36. The molecule has 0 aliphatic heterocycles. The Bertz CT molecular complexity index is 725. The molecule has 2 atom stereocenters. The van der Waals surface area contributed by atoms with Gasteiger partial charge < -0.3 is 20.6 Å². The molecule has 1 aliphatic carbocycles. The van der Waals surface area contributed by atoms with Gasteiger partial charge in [-0.15, -0.1) is 0 Å². The predicted molar refractivity (Wildman–Crippen MR) is 78.6 cm³/mol. The molecular formula is C15H17N3O4. The number of carbonyl (C=O) groups is 2. The van der Waals surface area contributed by atoms with Gasteiger partial charge in [0, 0.05) is 5.92 Å². The van der Waals surface area contributed by atoms with Crippen molar-refractivity contribution in [1.29, 1.82) is 0 Å². The fourth-order valence-electron chi connectivity index (χ4n) is 3.07. The van der Waals surface area contributed by atoms with Crippen molar-refractivity contribution >= 4 is 23.1 Å². The third kappa shape index (κ3) is 2.74. The van der Waals surface area contributed by atoms with Gasteiger partial charge in [0.05, 0.1) is 11.4 Å². The van der Waals surface area contributed by atoms with E-state index in [9.17, 15) is 14.7 Å². The molecule has 4 N–H and O–H groups in total. The Kier molecular flexibility index (Phi) is 3.70. The van der Waals surface area contributed by atoms with Gasteiger partial charge in [0.1, 0.15) is 11.3 Å². The lowest BCUT2D eigenvalue weighted by molar-refractivity contribution is -0.143. The van der Waals surface area contributed by atoms with Crippen LogP contribution in [0.1, 0.15) is 37.4 Å². The number of aliphatic carboxylic acids is 1. The van der Waals surface area contributed by atoms with Crippen LogP contribution in [0.2, 0.25) is 0 Å². The summed E-state index contributed by atoms with van der Waals surface area (Å²) in [7, 11) is 0. The highest BCUT2D eigenvalue weighted by atomic mass is 16.5. The number of primary amides is 1. The molecule has 1 aromatic heterocycles. The number of nitrogens with one attached hydrogen (secondary N) is 1. The van der Waals surface area contributed by atoms with Gasteiger partial charge in [0.25, 0.3) is 0 Å². The summed E-state index contributed by atoms with van der Waals surface area (Å²) in [4.78, 5) is 29.8. The lowest BCUT2D eigenvalue weighted by atomic mass is 9.81. The molecule has 2 aromatic rings. The van der Waals surface area contributed by atoms with Gasteiger partial charge in [-0.05, 0) is 31.4 Å². The quantitative estimate of drug-likeness (QED) is 0.804. The number of amides is 1. The summed E-state index contributed by atoms with van der Waals surface area (Å²) < 4.78 is 4.95. The Labute approximate surface area is 126 Å². The highest BCUT2D eigenvalue weighted by Gasteiger charge is 2.29. The molecule has 1 amide bonds. The Morgan fingerprint density at radius 2 is 2.18 bits per heavy atom. The van der Waals surface area contributed by atoms with E-state index >= 15 is 0 Å². The molecule has 116 valence electrons. The summed E-state index contributed by atoms with van der Waals surface area (Å²) in [6.07, 6.45) is 2.16. The fraction of sp³-hybridized carbons (Fsp3) is 0.400. The number of benzene rings is 1. The molecule has 0 bridgehead atoms. The Hall–Kier alpha value is -2.57. The highest BCUT2D eigenvalue weighted by molar-refractivity contribution is 5.84. The number of carboxylic acids is 1. The van der Waals surface area contributed by atoms with Crippen molar-refractivity contribution in [1.82, 2.24) is 9.97 Å². The largest absolute Gasteiger partial charge is 0.481 e. The van der Waals surface area contributed by atoms with Gasteiger partial charge in [-0.3, -0.25) is 4.79 Å². The average Bonchev–Trinajstić information content (AvgIpc) is 2.92. The van der Waals surface area contributed by atoms with Gasteiger partial charge in [0.15, 0.2) is 5.75 Å². The van der Waals surface area contributed by atoms with Crippen LogP contribution in [0.25, 0.3) is 11.0 Å². The van der Waals surface area contributed by atoms with E-state index < -0.39 is 12.1 Å². The molecule has 0 spiro atoms. The van der Waals surface area contributed by atoms with Gasteiger partial charge in [-0.1, -0.05) is 12.5 Å². The lowest BCUT2D eigenvalue weighted by Crippen LogP contribution is -2.22. The zero-order chi connectivity index (χ0) is 15.7. The van der Waals surface area contributed by atoms with Crippen molar-refractivity contribution in [3.63, 3.8) is 0 Å². The number of aromatic nitrogens is 2. The lowest BCUT2D eigenvalue weighted by Gasteiger charge is -2.24. The van der Waals surface area contributed by atoms with Gasteiger partial charge >= 0.3 is 12.1 Å². The predicted octanol–water partition coefficient (Wildman–Crippen LogP) is 2.38. The maximum Gasteiger partial charge on any atom is 0.410 e. The number of aromatic amines is 1. The van der Waals surface area contributed by atoms with E-state index in [0.29, 0.717) is 24.1 Å². The number of nitrogens with zero attached hydrogens (tertiary/aromatic N) is 1. The van der Waals surface area contributed by atoms with Gasteiger partial charge in [0.2, 0.25) is 0 Å². The second-order valence-electron chi connectivity index (χ2n) is 5.59. The minimum absolute atomic E-state index is 0.0729. The summed E-state index contributed by atoms with van der Waals surface area (Å²) in [6, 6.07) is 5.19. The van der Waals surface area contributed by atoms with Crippen LogP contribution in [0.4, 0.5) is 4.79 Å². The van der Waals surface area contributed by atoms with E-state index in [1.807, 2.05) is 6.07 Å². The van der Waals surface area contributed by atoms with E-state index in [2.05, 4.69) is 9.97 Å². The van der Waals surface area contributed by atoms with Gasteiger partial charge in [-0.2, -0.15) is 0 Å². The van der Waals surface area contributed by atoms with Crippen molar-refractivity contribution in [2.24, 2.45) is 11.7 Å². The van der Waals surface area contributed by atoms with Crippen LogP contribution in [-0.4, -0.2) is 27.1 Å². The Balaban J connectivity index is 1.91. The van der Waals surface area contributed by atoms with Gasteiger partial charge in [-0.25, -0.2) is 9.78 Å². The van der Waals surface area contributed by atoms with E-state index in [0.717, 1.165) is 24.2 Å². The number of carboxylic acid groups (broad SMARTS) is 1. The average molecular weight is 303 g/mol. The van der Waals surface area contributed by atoms with Crippen molar-refractivity contribution in [3.8, 4) is 5.75 Å². The third-order valence-corrected chi connectivity index (χ3v) is 4.11. The minimum atomic E-state index is -0.888. The van der Waals surface area contributed by atoms with E-state index in [1.54, 1.807) is 12.1 Å². The number of H-pyrrole nitrogens is 1. The number of imidazole rings is 1. The van der Waals surface area contributed by atoms with E-state index in [1.165, 1.54) is 0 Å². The molecule has 22 heavy (non-hydrogen) atoms. The summed E-state index contributed by atoms with van der Waals surface area (Å²) in [5.41, 5.74) is 6.33. The van der Waals surface area contributed by atoms with E-state index in [-0.39, 0.29) is 11.8 Å². The van der Waals surface area contributed by atoms with Crippen LogP contribution in [-0.2, 0) is 4.79 Å². The zero-order valence-corrected chi connectivity index (χ0v) is 11.9.